The summed E-state index contributed by atoms with van der Waals surface area (Å²) < 4.78 is 25.4. The van der Waals surface area contributed by atoms with E-state index >= 15 is 0 Å². The molecule has 0 spiro atoms. The topological polar surface area (TPSA) is 135 Å². The quantitative estimate of drug-likeness (QED) is 0.490. The second-order valence-electron chi connectivity index (χ2n) is 5.06. The predicted octanol–water partition coefficient (Wildman–Crippen LogP) is -0.938. The number of ether oxygens (including phenoxy) is 5. The Kier molecular flexibility index (Phi) is 7.11. The van der Waals surface area contributed by atoms with Gasteiger partial charge in [0.1, 0.15) is 6.10 Å². The van der Waals surface area contributed by atoms with Crippen LogP contribution in [0.1, 0.15) is 27.7 Å². The summed E-state index contributed by atoms with van der Waals surface area (Å²) >= 11 is 0. The normalized spacial score (nSPS) is 29.3. The van der Waals surface area contributed by atoms with Crippen LogP contribution in [0.2, 0.25) is 0 Å². The van der Waals surface area contributed by atoms with Gasteiger partial charge in [0.15, 0.2) is 12.2 Å². The molecule has 0 radical (unpaired) electrons. The molecule has 0 aromatic carbocycles. The first kappa shape index (κ1) is 19.8. The molecule has 0 aromatic rings. The molecule has 1 saturated heterocycles. The molecule has 0 aliphatic carbocycles. The van der Waals surface area contributed by atoms with Crippen molar-refractivity contribution in [2.24, 2.45) is 0 Å². The standard InChI is InChI=1S/C14H20O10/c1-6(16)20-11-10(5-15)24-14(23-9(4)19)13(22-8(3)18)12(11)21-7(2)17/h10-15H,5H2,1-4H3/t10?,11-,12+,13?,14+/m1/s1. The second-order valence-corrected chi connectivity index (χ2v) is 5.06. The van der Waals surface area contributed by atoms with Crippen LogP contribution in [-0.4, -0.2) is 66.3 Å². The first-order valence-electron chi connectivity index (χ1n) is 7.11. The fourth-order valence-electron chi connectivity index (χ4n) is 2.26. The van der Waals surface area contributed by atoms with Gasteiger partial charge in [-0.1, -0.05) is 0 Å². The van der Waals surface area contributed by atoms with Crippen molar-refractivity contribution in [3.8, 4) is 0 Å². The van der Waals surface area contributed by atoms with Gasteiger partial charge < -0.3 is 28.8 Å². The van der Waals surface area contributed by atoms with Crippen molar-refractivity contribution in [1.82, 2.24) is 0 Å². The van der Waals surface area contributed by atoms with Crippen molar-refractivity contribution in [2.45, 2.75) is 58.4 Å². The lowest BCUT2D eigenvalue weighted by molar-refractivity contribution is -0.299. The van der Waals surface area contributed by atoms with E-state index in [9.17, 15) is 24.3 Å². The average Bonchev–Trinajstić information content (AvgIpc) is 2.42. The fourth-order valence-corrected chi connectivity index (χ4v) is 2.26. The maximum absolute atomic E-state index is 11.4. The molecular weight excluding hydrogens is 328 g/mol. The van der Waals surface area contributed by atoms with Gasteiger partial charge in [-0.05, 0) is 0 Å². The lowest BCUT2D eigenvalue weighted by Gasteiger charge is -2.43. The van der Waals surface area contributed by atoms with E-state index in [1.54, 1.807) is 0 Å². The molecule has 1 N–H and O–H groups in total. The Morgan fingerprint density at radius 2 is 1.17 bits per heavy atom. The third-order valence-corrected chi connectivity index (χ3v) is 2.96. The van der Waals surface area contributed by atoms with Gasteiger partial charge in [0.25, 0.3) is 0 Å². The number of aliphatic hydroxyl groups is 1. The number of esters is 4. The predicted molar refractivity (Wildman–Crippen MR) is 74.2 cm³/mol. The molecular formula is C14H20O10. The number of rotatable bonds is 5. The van der Waals surface area contributed by atoms with E-state index in [4.69, 9.17) is 23.7 Å². The highest BCUT2D eigenvalue weighted by Gasteiger charge is 2.53. The Morgan fingerprint density at radius 1 is 0.750 bits per heavy atom. The van der Waals surface area contributed by atoms with Crippen LogP contribution >= 0.6 is 0 Å². The molecule has 1 fully saturated rings. The van der Waals surface area contributed by atoms with Crippen LogP contribution in [0.15, 0.2) is 0 Å². The van der Waals surface area contributed by atoms with Crippen molar-refractivity contribution in [3.63, 3.8) is 0 Å². The van der Waals surface area contributed by atoms with Crippen LogP contribution in [-0.2, 0) is 42.9 Å². The summed E-state index contributed by atoms with van der Waals surface area (Å²) in [5.41, 5.74) is 0. The summed E-state index contributed by atoms with van der Waals surface area (Å²) in [6, 6.07) is 0. The van der Waals surface area contributed by atoms with Gasteiger partial charge in [-0.15, -0.1) is 0 Å². The molecule has 0 saturated carbocycles. The Labute approximate surface area is 137 Å². The lowest BCUT2D eigenvalue weighted by Crippen LogP contribution is -2.62. The third-order valence-electron chi connectivity index (χ3n) is 2.96. The maximum Gasteiger partial charge on any atom is 0.305 e. The summed E-state index contributed by atoms with van der Waals surface area (Å²) in [5, 5.41) is 9.44. The molecule has 1 rings (SSSR count). The Bertz CT molecular complexity index is 502. The van der Waals surface area contributed by atoms with Crippen molar-refractivity contribution in [2.75, 3.05) is 6.61 Å². The molecule has 10 heteroatoms. The molecule has 24 heavy (non-hydrogen) atoms. The first-order valence-corrected chi connectivity index (χ1v) is 7.11. The number of hydrogen-bond acceptors (Lipinski definition) is 10. The zero-order valence-electron chi connectivity index (χ0n) is 13.7. The zero-order valence-corrected chi connectivity index (χ0v) is 13.7. The number of carbonyl (C=O) groups is 4. The van der Waals surface area contributed by atoms with Crippen molar-refractivity contribution >= 4 is 23.9 Å². The van der Waals surface area contributed by atoms with Crippen LogP contribution < -0.4 is 0 Å². The summed E-state index contributed by atoms with van der Waals surface area (Å²) in [4.78, 5) is 45.3. The highest BCUT2D eigenvalue weighted by atomic mass is 16.7. The zero-order chi connectivity index (χ0) is 18.4. The second kappa shape index (κ2) is 8.60. The molecule has 1 aliphatic rings. The van der Waals surface area contributed by atoms with E-state index in [1.807, 2.05) is 0 Å². The number of aliphatic hydroxyl groups excluding tert-OH is 1. The van der Waals surface area contributed by atoms with E-state index in [0.29, 0.717) is 0 Å². The van der Waals surface area contributed by atoms with Crippen molar-refractivity contribution in [1.29, 1.82) is 0 Å². The van der Waals surface area contributed by atoms with Crippen LogP contribution in [0, 0.1) is 0 Å². The van der Waals surface area contributed by atoms with Crippen LogP contribution in [0.3, 0.4) is 0 Å². The number of carbonyl (C=O) groups excluding carboxylic acids is 4. The molecule has 1 aliphatic heterocycles. The molecule has 0 amide bonds. The van der Waals surface area contributed by atoms with Gasteiger partial charge in [-0.2, -0.15) is 0 Å². The van der Waals surface area contributed by atoms with Gasteiger partial charge in [0, 0.05) is 27.7 Å². The fraction of sp³-hybridized carbons (Fsp3) is 0.714. The minimum absolute atomic E-state index is 0.625. The minimum atomic E-state index is -1.44. The highest BCUT2D eigenvalue weighted by Crippen LogP contribution is 2.29. The van der Waals surface area contributed by atoms with Gasteiger partial charge in [-0.3, -0.25) is 19.2 Å². The Hall–Kier alpha value is -2.20. The molecule has 2 unspecified atom stereocenters. The molecule has 5 atom stereocenters. The monoisotopic (exact) mass is 348 g/mol. The maximum atomic E-state index is 11.4. The van der Waals surface area contributed by atoms with E-state index in [1.165, 1.54) is 0 Å². The van der Waals surface area contributed by atoms with E-state index in [-0.39, 0.29) is 0 Å². The summed E-state index contributed by atoms with van der Waals surface area (Å²) in [6.45, 7) is 3.77. The smallest absolute Gasteiger partial charge is 0.305 e. The molecule has 136 valence electrons. The van der Waals surface area contributed by atoms with Gasteiger partial charge in [-0.25, -0.2) is 0 Å². The Morgan fingerprint density at radius 3 is 1.58 bits per heavy atom. The van der Waals surface area contributed by atoms with E-state index in [0.717, 1.165) is 27.7 Å². The van der Waals surface area contributed by atoms with Crippen molar-refractivity contribution in [3.05, 3.63) is 0 Å². The molecule has 1 heterocycles. The van der Waals surface area contributed by atoms with Gasteiger partial charge >= 0.3 is 23.9 Å². The van der Waals surface area contributed by atoms with Crippen molar-refractivity contribution < 1.29 is 48.0 Å². The van der Waals surface area contributed by atoms with E-state index in [2.05, 4.69) is 0 Å². The third kappa shape index (κ3) is 5.46. The minimum Gasteiger partial charge on any atom is -0.456 e. The van der Waals surface area contributed by atoms with Crippen LogP contribution in [0.25, 0.3) is 0 Å². The molecule has 10 nitrogen and oxygen atoms in total. The summed E-state index contributed by atoms with van der Waals surface area (Å²) in [6.07, 6.45) is -6.56. The van der Waals surface area contributed by atoms with Crippen LogP contribution in [0.5, 0.6) is 0 Å². The lowest BCUT2D eigenvalue weighted by atomic mass is 9.98. The SMILES string of the molecule is CC(=O)OC1[C@@H](OC(C)=O)OC(CO)[C@@H](OC(C)=O)[C@@H]1OC(C)=O. The largest absolute Gasteiger partial charge is 0.456 e. The molecule has 0 aromatic heterocycles. The average molecular weight is 348 g/mol. The van der Waals surface area contributed by atoms with E-state index < -0.39 is 61.2 Å². The van der Waals surface area contributed by atoms with Gasteiger partial charge in [0.05, 0.1) is 6.61 Å². The van der Waals surface area contributed by atoms with Crippen LogP contribution in [0.4, 0.5) is 0 Å². The molecule has 0 bridgehead atoms. The Balaban J connectivity index is 3.23. The summed E-state index contributed by atoms with van der Waals surface area (Å²) in [7, 11) is 0. The number of hydrogen-bond donors (Lipinski definition) is 1. The van der Waals surface area contributed by atoms with Gasteiger partial charge in [0.2, 0.25) is 12.4 Å². The first-order chi connectivity index (χ1) is 11.1. The highest BCUT2D eigenvalue weighted by molar-refractivity contribution is 5.69. The summed E-state index contributed by atoms with van der Waals surface area (Å²) in [5.74, 6) is -3.00.